The average Bonchev–Trinajstić information content (AvgIpc) is 3.39. The third-order valence-electron chi connectivity index (χ3n) is 4.47. The fourth-order valence-corrected chi connectivity index (χ4v) is 3.02. The topological polar surface area (TPSA) is 89.8 Å². The molecular formula is C20H24N2O5. The fourth-order valence-electron chi connectivity index (χ4n) is 3.02. The summed E-state index contributed by atoms with van der Waals surface area (Å²) in [4.78, 5) is 23.7. The van der Waals surface area contributed by atoms with E-state index in [0.29, 0.717) is 12.3 Å². The lowest BCUT2D eigenvalue weighted by Gasteiger charge is -2.16. The van der Waals surface area contributed by atoms with Crippen molar-refractivity contribution >= 4 is 11.8 Å². The van der Waals surface area contributed by atoms with Crippen molar-refractivity contribution in [3.63, 3.8) is 0 Å². The predicted molar refractivity (Wildman–Crippen MR) is 98.8 cm³/mol. The molecule has 1 aromatic heterocycles. The molecule has 3 rings (SSSR count). The van der Waals surface area contributed by atoms with Gasteiger partial charge < -0.3 is 24.5 Å². The molecule has 0 bridgehead atoms. The Bertz CT molecular complexity index is 767. The molecule has 0 spiro atoms. The Kier molecular flexibility index (Phi) is 6.35. The molecule has 2 N–H and O–H groups in total. The minimum atomic E-state index is -0.426. The summed E-state index contributed by atoms with van der Waals surface area (Å²) >= 11 is 0. The Morgan fingerprint density at radius 3 is 2.67 bits per heavy atom. The Morgan fingerprint density at radius 2 is 1.96 bits per heavy atom. The molecule has 7 nitrogen and oxygen atoms in total. The highest BCUT2D eigenvalue weighted by atomic mass is 16.5. The monoisotopic (exact) mass is 372 g/mol. The number of hydrogen-bond donors (Lipinski definition) is 2. The molecule has 1 saturated carbocycles. The Hall–Kier alpha value is -2.96. The van der Waals surface area contributed by atoms with Gasteiger partial charge >= 0.3 is 0 Å². The largest absolute Gasteiger partial charge is 0.493 e. The number of ether oxygens (including phenoxy) is 2. The van der Waals surface area contributed by atoms with Gasteiger partial charge in [-0.15, -0.1) is 0 Å². The van der Waals surface area contributed by atoms with Gasteiger partial charge in [-0.1, -0.05) is 6.07 Å². The van der Waals surface area contributed by atoms with Gasteiger partial charge in [-0.2, -0.15) is 0 Å². The third-order valence-corrected chi connectivity index (χ3v) is 4.47. The lowest BCUT2D eigenvalue weighted by Crippen LogP contribution is -2.36. The van der Waals surface area contributed by atoms with Gasteiger partial charge in [-0.05, 0) is 55.5 Å². The van der Waals surface area contributed by atoms with Gasteiger partial charge in [-0.3, -0.25) is 9.59 Å². The zero-order chi connectivity index (χ0) is 19.1. The lowest BCUT2D eigenvalue weighted by molar-refractivity contribution is -0.120. The summed E-state index contributed by atoms with van der Waals surface area (Å²) in [7, 11) is 1.60. The maximum atomic E-state index is 11.9. The van der Waals surface area contributed by atoms with Crippen molar-refractivity contribution in [3.05, 3.63) is 47.9 Å². The van der Waals surface area contributed by atoms with Crippen LogP contribution < -0.4 is 20.1 Å². The smallest absolute Gasteiger partial charge is 0.287 e. The number of methoxy groups -OCH3 is 1. The van der Waals surface area contributed by atoms with Gasteiger partial charge in [-0.25, -0.2) is 0 Å². The van der Waals surface area contributed by atoms with Gasteiger partial charge in [0.1, 0.15) is 0 Å². The molecule has 1 aromatic carbocycles. The van der Waals surface area contributed by atoms with E-state index in [1.807, 2.05) is 18.2 Å². The molecule has 1 heterocycles. The van der Waals surface area contributed by atoms with Crippen LogP contribution in [0.5, 0.6) is 11.5 Å². The number of hydrogen-bond acceptors (Lipinski definition) is 5. The molecule has 7 heteroatoms. The SMILES string of the molecule is COc1cc(CNC(=O)CNC(=O)c2ccco2)ccc1OC1CCCC1. The molecule has 27 heavy (non-hydrogen) atoms. The zero-order valence-electron chi connectivity index (χ0n) is 15.3. The van der Waals surface area contributed by atoms with E-state index in [1.54, 1.807) is 13.2 Å². The molecule has 2 amide bonds. The first kappa shape index (κ1) is 18.8. The highest BCUT2D eigenvalue weighted by Crippen LogP contribution is 2.32. The Morgan fingerprint density at radius 1 is 1.15 bits per heavy atom. The van der Waals surface area contributed by atoms with E-state index in [0.717, 1.165) is 24.2 Å². The summed E-state index contributed by atoms with van der Waals surface area (Å²) in [6.45, 7) is 0.203. The van der Waals surface area contributed by atoms with E-state index in [9.17, 15) is 9.59 Å². The summed E-state index contributed by atoms with van der Waals surface area (Å²) in [5.74, 6) is 0.834. The minimum absolute atomic E-state index is 0.125. The second kappa shape index (κ2) is 9.12. The second-order valence-corrected chi connectivity index (χ2v) is 6.45. The maximum Gasteiger partial charge on any atom is 0.287 e. The van der Waals surface area contributed by atoms with E-state index in [4.69, 9.17) is 13.9 Å². The summed E-state index contributed by atoms with van der Waals surface area (Å²) in [5.41, 5.74) is 0.885. The number of nitrogens with one attached hydrogen (secondary N) is 2. The van der Waals surface area contributed by atoms with E-state index in [1.165, 1.54) is 25.2 Å². The van der Waals surface area contributed by atoms with Crippen LogP contribution in [0.15, 0.2) is 41.0 Å². The minimum Gasteiger partial charge on any atom is -0.493 e. The van der Waals surface area contributed by atoms with Crippen LogP contribution in [-0.2, 0) is 11.3 Å². The predicted octanol–water partition coefficient (Wildman–Crippen LogP) is 2.66. The number of furan rings is 1. The van der Waals surface area contributed by atoms with E-state index >= 15 is 0 Å². The first-order valence-electron chi connectivity index (χ1n) is 9.07. The Labute approximate surface area is 158 Å². The highest BCUT2D eigenvalue weighted by molar-refractivity contribution is 5.94. The lowest BCUT2D eigenvalue weighted by atomic mass is 10.2. The van der Waals surface area contributed by atoms with E-state index in [-0.39, 0.29) is 24.3 Å². The van der Waals surface area contributed by atoms with Crippen molar-refractivity contribution in [2.45, 2.75) is 38.3 Å². The molecular weight excluding hydrogens is 348 g/mol. The number of rotatable bonds is 8. The second-order valence-electron chi connectivity index (χ2n) is 6.45. The zero-order valence-corrected chi connectivity index (χ0v) is 15.3. The van der Waals surface area contributed by atoms with Crippen molar-refractivity contribution in [1.29, 1.82) is 0 Å². The summed E-state index contributed by atoms with van der Waals surface area (Å²) in [6, 6.07) is 8.77. The van der Waals surface area contributed by atoms with Crippen molar-refractivity contribution in [3.8, 4) is 11.5 Å². The van der Waals surface area contributed by atoms with Crippen LogP contribution in [0, 0.1) is 0 Å². The molecule has 144 valence electrons. The van der Waals surface area contributed by atoms with Crippen molar-refractivity contribution in [2.24, 2.45) is 0 Å². The molecule has 0 aliphatic heterocycles. The number of benzene rings is 1. The van der Waals surface area contributed by atoms with Gasteiger partial charge in [0.25, 0.3) is 5.91 Å². The molecule has 1 fully saturated rings. The standard InChI is InChI=1S/C20H24N2O5/c1-25-18-11-14(8-9-16(18)27-15-5-2-3-6-15)12-21-19(23)13-22-20(24)17-7-4-10-26-17/h4,7-11,15H,2-3,5-6,12-13H2,1H3,(H,21,23)(H,22,24). The molecule has 0 unspecified atom stereocenters. The highest BCUT2D eigenvalue weighted by Gasteiger charge is 2.18. The quantitative estimate of drug-likeness (QED) is 0.744. The van der Waals surface area contributed by atoms with Crippen molar-refractivity contribution in [1.82, 2.24) is 10.6 Å². The van der Waals surface area contributed by atoms with Crippen LogP contribution in [0.2, 0.25) is 0 Å². The number of carbonyl (C=O) groups is 2. The molecule has 0 saturated heterocycles. The van der Waals surface area contributed by atoms with E-state index < -0.39 is 5.91 Å². The van der Waals surface area contributed by atoms with Crippen LogP contribution in [0.25, 0.3) is 0 Å². The number of amides is 2. The van der Waals surface area contributed by atoms with Crippen LogP contribution >= 0.6 is 0 Å². The summed E-state index contributed by atoms with van der Waals surface area (Å²) < 4.78 is 16.4. The first-order valence-corrected chi connectivity index (χ1v) is 9.07. The van der Waals surface area contributed by atoms with E-state index in [2.05, 4.69) is 10.6 Å². The average molecular weight is 372 g/mol. The summed E-state index contributed by atoms with van der Waals surface area (Å²) in [5, 5.41) is 5.27. The van der Waals surface area contributed by atoms with Gasteiger partial charge in [0.2, 0.25) is 5.91 Å². The van der Waals surface area contributed by atoms with Gasteiger partial charge in [0.05, 0.1) is 26.0 Å². The third kappa shape index (κ3) is 5.26. The van der Waals surface area contributed by atoms with Crippen LogP contribution in [0.4, 0.5) is 0 Å². The van der Waals surface area contributed by atoms with Crippen molar-refractivity contribution < 1.29 is 23.5 Å². The first-order chi connectivity index (χ1) is 13.2. The fraction of sp³-hybridized carbons (Fsp3) is 0.400. The van der Waals surface area contributed by atoms with Crippen LogP contribution in [0.1, 0.15) is 41.8 Å². The number of carbonyl (C=O) groups excluding carboxylic acids is 2. The molecule has 2 aromatic rings. The summed E-state index contributed by atoms with van der Waals surface area (Å²) in [6.07, 6.45) is 6.21. The van der Waals surface area contributed by atoms with Crippen LogP contribution in [-0.4, -0.2) is 31.6 Å². The van der Waals surface area contributed by atoms with Gasteiger partial charge in [0, 0.05) is 6.54 Å². The molecule has 1 aliphatic rings. The maximum absolute atomic E-state index is 11.9. The van der Waals surface area contributed by atoms with Crippen molar-refractivity contribution in [2.75, 3.05) is 13.7 Å². The van der Waals surface area contributed by atoms with Crippen LogP contribution in [0.3, 0.4) is 0 Å². The molecule has 0 atom stereocenters. The molecule has 1 aliphatic carbocycles. The van der Waals surface area contributed by atoms with Gasteiger partial charge in [0.15, 0.2) is 17.3 Å². The molecule has 0 radical (unpaired) electrons. The Balaban J connectivity index is 1.48. The normalized spacial score (nSPS) is 14.0.